The maximum Gasteiger partial charge on any atom is 0.276 e. The number of nitrogens with zero attached hydrogens (tertiary/aromatic N) is 1. The topological polar surface area (TPSA) is 32.6 Å². The average Bonchev–Trinajstić information content (AvgIpc) is 2.30. The fourth-order valence-corrected chi connectivity index (χ4v) is 1.61. The van der Waals surface area contributed by atoms with Crippen LogP contribution in [0.4, 0.5) is 14.5 Å². The summed E-state index contributed by atoms with van der Waals surface area (Å²) in [7, 11) is 0. The molecule has 0 bridgehead atoms. The zero-order valence-electron chi connectivity index (χ0n) is 9.19. The third-order valence-electron chi connectivity index (χ3n) is 2.49. The quantitative estimate of drug-likeness (QED) is 0.786. The van der Waals surface area contributed by atoms with Gasteiger partial charge in [0, 0.05) is 10.8 Å². The van der Waals surface area contributed by atoms with Crippen LogP contribution in [-0.2, 0) is 0 Å². The number of aromatic hydroxyl groups is 1. The molecular weight excluding hydrogens is 224 g/mol. The van der Waals surface area contributed by atoms with Crippen molar-refractivity contribution in [2.24, 2.45) is 4.99 Å². The molecule has 0 atom stereocenters. The predicted molar refractivity (Wildman–Crippen MR) is 64.4 cm³/mol. The molecule has 0 saturated heterocycles. The van der Waals surface area contributed by atoms with Crippen molar-refractivity contribution in [3.05, 3.63) is 36.4 Å². The Balaban J connectivity index is 2.63. The highest BCUT2D eigenvalue weighted by molar-refractivity contribution is 5.99. The number of alkyl halides is 2. The van der Waals surface area contributed by atoms with Crippen LogP contribution in [0.5, 0.6) is 5.75 Å². The molecule has 2 aromatic rings. The zero-order chi connectivity index (χ0) is 12.4. The van der Waals surface area contributed by atoms with Crippen LogP contribution in [-0.4, -0.2) is 17.2 Å². The Morgan fingerprint density at radius 2 is 1.76 bits per heavy atom. The third-order valence-corrected chi connectivity index (χ3v) is 2.49. The first kappa shape index (κ1) is 11.5. The second-order valence-electron chi connectivity index (χ2n) is 3.70. The molecule has 0 aromatic heterocycles. The summed E-state index contributed by atoms with van der Waals surface area (Å²) >= 11 is 0. The highest BCUT2D eigenvalue weighted by Crippen LogP contribution is 2.31. The molecule has 0 radical (unpaired) electrons. The van der Waals surface area contributed by atoms with Gasteiger partial charge in [-0.05, 0) is 19.1 Å². The zero-order valence-corrected chi connectivity index (χ0v) is 9.19. The Labute approximate surface area is 97.2 Å². The number of halogens is 2. The van der Waals surface area contributed by atoms with Crippen LogP contribution >= 0.6 is 0 Å². The molecule has 0 fully saturated rings. The van der Waals surface area contributed by atoms with E-state index in [0.717, 1.165) is 0 Å². The fraction of sp³-hybridized carbons (Fsp3) is 0.154. The molecule has 0 saturated carbocycles. The van der Waals surface area contributed by atoms with Crippen LogP contribution < -0.4 is 0 Å². The standard InChI is InChI=1S/C13H11F2NO/c1-8(13(14)15)16-11-6-2-5-10-9(11)4-3-7-12(10)17/h2-7,13,17H,1H3. The Morgan fingerprint density at radius 1 is 1.12 bits per heavy atom. The van der Waals surface area contributed by atoms with Gasteiger partial charge in [-0.1, -0.05) is 24.3 Å². The van der Waals surface area contributed by atoms with Crippen LogP contribution in [0.1, 0.15) is 6.92 Å². The molecule has 0 aliphatic heterocycles. The molecule has 4 heteroatoms. The number of phenols is 1. The lowest BCUT2D eigenvalue weighted by Gasteiger charge is -2.05. The summed E-state index contributed by atoms with van der Waals surface area (Å²) in [6.45, 7) is 1.28. The van der Waals surface area contributed by atoms with Crippen molar-refractivity contribution in [3.63, 3.8) is 0 Å². The number of aliphatic imine (C=N–C) groups is 1. The van der Waals surface area contributed by atoms with E-state index in [0.29, 0.717) is 16.5 Å². The van der Waals surface area contributed by atoms with Crippen LogP contribution in [0, 0.1) is 0 Å². The minimum Gasteiger partial charge on any atom is -0.507 e. The van der Waals surface area contributed by atoms with E-state index in [-0.39, 0.29) is 11.5 Å². The van der Waals surface area contributed by atoms with Crippen LogP contribution in [0.3, 0.4) is 0 Å². The summed E-state index contributed by atoms with van der Waals surface area (Å²) in [6.07, 6.45) is -2.57. The summed E-state index contributed by atoms with van der Waals surface area (Å²) in [6, 6.07) is 10.0. The molecule has 0 spiro atoms. The van der Waals surface area contributed by atoms with Gasteiger partial charge in [0.15, 0.2) is 0 Å². The highest BCUT2D eigenvalue weighted by Gasteiger charge is 2.08. The van der Waals surface area contributed by atoms with Crippen LogP contribution in [0.25, 0.3) is 10.8 Å². The normalized spacial score (nSPS) is 12.4. The number of hydrogen-bond donors (Lipinski definition) is 1. The van der Waals surface area contributed by atoms with Gasteiger partial charge in [0.1, 0.15) is 5.75 Å². The third kappa shape index (κ3) is 2.25. The van der Waals surface area contributed by atoms with Crippen molar-refractivity contribution in [3.8, 4) is 5.75 Å². The highest BCUT2D eigenvalue weighted by atomic mass is 19.3. The van der Waals surface area contributed by atoms with E-state index in [1.54, 1.807) is 36.4 Å². The van der Waals surface area contributed by atoms with Gasteiger partial charge in [0.05, 0.1) is 11.4 Å². The molecule has 0 aliphatic carbocycles. The Bertz CT molecular complexity index is 579. The second kappa shape index (κ2) is 4.49. The number of phenolic OH excluding ortho intramolecular Hbond substituents is 1. The van der Waals surface area contributed by atoms with Crippen LogP contribution in [0.2, 0.25) is 0 Å². The number of fused-ring (bicyclic) bond motifs is 1. The molecule has 2 aromatic carbocycles. The van der Waals surface area contributed by atoms with E-state index in [2.05, 4.69) is 4.99 Å². The van der Waals surface area contributed by atoms with Gasteiger partial charge in [-0.2, -0.15) is 0 Å². The van der Waals surface area contributed by atoms with E-state index in [1.165, 1.54) is 6.92 Å². The largest absolute Gasteiger partial charge is 0.507 e. The molecular formula is C13H11F2NO. The smallest absolute Gasteiger partial charge is 0.276 e. The molecule has 2 rings (SSSR count). The molecule has 0 heterocycles. The van der Waals surface area contributed by atoms with Crippen molar-refractivity contribution in [1.29, 1.82) is 0 Å². The van der Waals surface area contributed by atoms with Gasteiger partial charge in [0.2, 0.25) is 0 Å². The van der Waals surface area contributed by atoms with E-state index in [1.807, 2.05) is 0 Å². The summed E-state index contributed by atoms with van der Waals surface area (Å²) in [5, 5.41) is 10.9. The predicted octanol–water partition coefficient (Wildman–Crippen LogP) is 3.90. The molecule has 88 valence electrons. The maximum atomic E-state index is 12.4. The fourth-order valence-electron chi connectivity index (χ4n) is 1.61. The van der Waals surface area contributed by atoms with Gasteiger partial charge in [0.25, 0.3) is 6.43 Å². The lowest BCUT2D eigenvalue weighted by atomic mass is 10.1. The van der Waals surface area contributed by atoms with E-state index in [9.17, 15) is 13.9 Å². The Morgan fingerprint density at radius 3 is 2.47 bits per heavy atom. The molecule has 0 unspecified atom stereocenters. The summed E-state index contributed by atoms with van der Waals surface area (Å²) < 4.78 is 24.8. The number of hydrogen-bond acceptors (Lipinski definition) is 2. The molecule has 0 aliphatic rings. The van der Waals surface area contributed by atoms with Gasteiger partial charge >= 0.3 is 0 Å². The second-order valence-corrected chi connectivity index (χ2v) is 3.70. The molecule has 0 amide bonds. The van der Waals surface area contributed by atoms with E-state index >= 15 is 0 Å². The van der Waals surface area contributed by atoms with Crippen molar-refractivity contribution in [1.82, 2.24) is 0 Å². The van der Waals surface area contributed by atoms with Crippen LogP contribution in [0.15, 0.2) is 41.4 Å². The Hall–Kier alpha value is -1.97. The van der Waals surface area contributed by atoms with Gasteiger partial charge in [-0.3, -0.25) is 4.99 Å². The lowest BCUT2D eigenvalue weighted by Crippen LogP contribution is -2.03. The van der Waals surface area contributed by atoms with Crippen molar-refractivity contribution < 1.29 is 13.9 Å². The summed E-state index contributed by atoms with van der Waals surface area (Å²) in [5.41, 5.74) is 0.206. The SMILES string of the molecule is CC(=Nc1cccc2c(O)cccc12)C(F)F. The first-order valence-electron chi connectivity index (χ1n) is 5.13. The monoisotopic (exact) mass is 235 g/mol. The van der Waals surface area contributed by atoms with E-state index in [4.69, 9.17) is 0 Å². The summed E-state index contributed by atoms with van der Waals surface area (Å²) in [4.78, 5) is 3.88. The van der Waals surface area contributed by atoms with Gasteiger partial charge < -0.3 is 5.11 Å². The maximum absolute atomic E-state index is 12.4. The Kier molecular flexibility index (Phi) is 3.04. The summed E-state index contributed by atoms with van der Waals surface area (Å²) in [5.74, 6) is 0.120. The minimum atomic E-state index is -2.57. The van der Waals surface area contributed by atoms with Crippen molar-refractivity contribution in [2.75, 3.05) is 0 Å². The first-order chi connectivity index (χ1) is 8.09. The van der Waals surface area contributed by atoms with Crippen molar-refractivity contribution in [2.45, 2.75) is 13.3 Å². The van der Waals surface area contributed by atoms with Crippen molar-refractivity contribution >= 4 is 22.2 Å². The minimum absolute atomic E-state index is 0.120. The van der Waals surface area contributed by atoms with E-state index < -0.39 is 6.43 Å². The molecule has 2 nitrogen and oxygen atoms in total. The lowest BCUT2D eigenvalue weighted by molar-refractivity contribution is 0.225. The average molecular weight is 235 g/mol. The molecule has 1 N–H and O–H groups in total. The first-order valence-corrected chi connectivity index (χ1v) is 5.13. The number of benzene rings is 2. The van der Waals surface area contributed by atoms with Gasteiger partial charge in [-0.25, -0.2) is 8.78 Å². The number of rotatable bonds is 2. The molecule has 17 heavy (non-hydrogen) atoms. The van der Waals surface area contributed by atoms with Gasteiger partial charge in [-0.15, -0.1) is 0 Å².